The molecular formula is C10H12O6S. The second kappa shape index (κ2) is 3.09. The second-order valence-electron chi connectivity index (χ2n) is 4.68. The molecule has 0 N–H and O–H groups in total. The summed E-state index contributed by atoms with van der Waals surface area (Å²) >= 11 is 0. The van der Waals surface area contributed by atoms with Gasteiger partial charge in [-0.15, -0.1) is 0 Å². The first-order valence-electron chi connectivity index (χ1n) is 5.31. The van der Waals surface area contributed by atoms with Gasteiger partial charge < -0.3 is 9.47 Å². The maximum atomic E-state index is 11.8. The highest BCUT2D eigenvalue weighted by Gasteiger charge is 2.74. The van der Waals surface area contributed by atoms with Crippen LogP contribution in [0.25, 0.3) is 0 Å². The Morgan fingerprint density at radius 3 is 2.94 bits per heavy atom. The molecule has 0 aromatic carbocycles. The number of ether oxygens (including phenoxy) is 2. The third-order valence-electron chi connectivity index (χ3n) is 3.70. The van der Waals surface area contributed by atoms with Crippen molar-refractivity contribution in [3.05, 3.63) is 12.7 Å². The van der Waals surface area contributed by atoms with E-state index in [-0.39, 0.29) is 0 Å². The highest BCUT2D eigenvalue weighted by atomic mass is 32.2. The molecule has 3 rings (SSSR count). The van der Waals surface area contributed by atoms with Crippen LogP contribution in [-0.4, -0.2) is 43.5 Å². The fourth-order valence-electron chi connectivity index (χ4n) is 3.00. The van der Waals surface area contributed by atoms with Gasteiger partial charge in [0.25, 0.3) is 10.1 Å². The van der Waals surface area contributed by atoms with Gasteiger partial charge in [-0.25, -0.2) is 4.79 Å². The van der Waals surface area contributed by atoms with Crippen molar-refractivity contribution in [2.24, 2.45) is 0 Å². The third kappa shape index (κ3) is 1.27. The van der Waals surface area contributed by atoms with Crippen molar-refractivity contribution >= 4 is 16.1 Å². The lowest BCUT2D eigenvalue weighted by atomic mass is 9.85. The Morgan fingerprint density at radius 2 is 2.29 bits per heavy atom. The van der Waals surface area contributed by atoms with E-state index in [4.69, 9.17) is 13.7 Å². The molecule has 0 spiro atoms. The van der Waals surface area contributed by atoms with Gasteiger partial charge in [-0.1, -0.05) is 6.58 Å². The van der Waals surface area contributed by atoms with Crippen molar-refractivity contribution in [3.63, 3.8) is 0 Å². The number of hydrogen-bond donors (Lipinski definition) is 0. The monoisotopic (exact) mass is 260 g/mol. The van der Waals surface area contributed by atoms with Gasteiger partial charge in [0.05, 0.1) is 6.10 Å². The summed E-state index contributed by atoms with van der Waals surface area (Å²) in [4.78, 5) is 11.2. The molecule has 6 nitrogen and oxygen atoms in total. The molecule has 2 bridgehead atoms. The Kier molecular flexibility index (Phi) is 2.04. The molecule has 0 amide bonds. The third-order valence-corrected chi connectivity index (χ3v) is 5.56. The van der Waals surface area contributed by atoms with E-state index in [2.05, 4.69) is 6.58 Å². The zero-order valence-corrected chi connectivity index (χ0v) is 9.98. The number of carbonyl (C=O) groups is 1. The van der Waals surface area contributed by atoms with Crippen molar-refractivity contribution in [3.8, 4) is 0 Å². The largest absolute Gasteiger partial charge is 0.455 e. The first-order chi connectivity index (χ1) is 7.88. The Morgan fingerprint density at radius 1 is 1.59 bits per heavy atom. The van der Waals surface area contributed by atoms with Gasteiger partial charge in [0.2, 0.25) is 0 Å². The summed E-state index contributed by atoms with van der Waals surface area (Å²) in [5.74, 6) is -0.645. The van der Waals surface area contributed by atoms with Crippen LogP contribution in [0.2, 0.25) is 0 Å². The highest BCUT2D eigenvalue weighted by molar-refractivity contribution is 7.87. The van der Waals surface area contributed by atoms with Gasteiger partial charge in [-0.3, -0.25) is 4.18 Å². The summed E-state index contributed by atoms with van der Waals surface area (Å²) in [6.45, 7) is 4.97. The lowest BCUT2D eigenvalue weighted by Gasteiger charge is -2.26. The predicted octanol–water partition coefficient (Wildman–Crippen LogP) is -0.257. The van der Waals surface area contributed by atoms with E-state index in [0.29, 0.717) is 6.42 Å². The van der Waals surface area contributed by atoms with E-state index in [1.54, 1.807) is 6.92 Å². The highest BCUT2D eigenvalue weighted by Crippen LogP contribution is 2.54. The van der Waals surface area contributed by atoms with E-state index in [1.165, 1.54) is 0 Å². The van der Waals surface area contributed by atoms with Crippen molar-refractivity contribution in [1.29, 1.82) is 0 Å². The number of fused-ring (bicyclic) bond motifs is 1. The van der Waals surface area contributed by atoms with Crippen LogP contribution in [0.5, 0.6) is 0 Å². The van der Waals surface area contributed by atoms with Gasteiger partial charge in [0.15, 0.2) is 11.4 Å². The van der Waals surface area contributed by atoms with E-state index in [0.717, 1.165) is 6.08 Å². The topological polar surface area (TPSA) is 78.9 Å². The molecule has 5 atom stereocenters. The van der Waals surface area contributed by atoms with Crippen LogP contribution in [0.15, 0.2) is 12.7 Å². The average molecular weight is 260 g/mol. The van der Waals surface area contributed by atoms with Gasteiger partial charge >= 0.3 is 5.97 Å². The Labute approximate surface area is 98.7 Å². The van der Waals surface area contributed by atoms with E-state index < -0.39 is 45.3 Å². The molecule has 0 aromatic heterocycles. The maximum Gasteiger partial charge on any atom is 0.330 e. The molecule has 3 fully saturated rings. The molecule has 3 saturated heterocycles. The average Bonchev–Trinajstić information content (AvgIpc) is 2.70. The minimum Gasteiger partial charge on any atom is -0.455 e. The van der Waals surface area contributed by atoms with Crippen molar-refractivity contribution < 1.29 is 26.9 Å². The summed E-state index contributed by atoms with van der Waals surface area (Å²) in [6.07, 6.45) is -0.221. The quantitative estimate of drug-likeness (QED) is 0.387. The van der Waals surface area contributed by atoms with Gasteiger partial charge in [-0.05, 0) is 6.92 Å². The number of esters is 1. The van der Waals surface area contributed by atoms with Crippen LogP contribution in [0.3, 0.4) is 0 Å². The molecule has 3 aliphatic rings. The molecule has 0 radical (unpaired) electrons. The Hall–Kier alpha value is -0.920. The molecule has 3 heterocycles. The Bertz CT molecular complexity index is 497. The normalized spacial score (nSPS) is 49.2. The van der Waals surface area contributed by atoms with Crippen LogP contribution >= 0.6 is 0 Å². The van der Waals surface area contributed by atoms with Crippen LogP contribution in [0.4, 0.5) is 0 Å². The van der Waals surface area contributed by atoms with Crippen molar-refractivity contribution in [1.82, 2.24) is 0 Å². The fraction of sp³-hybridized carbons (Fsp3) is 0.700. The zero-order chi connectivity index (χ0) is 12.4. The molecule has 0 aliphatic carbocycles. The van der Waals surface area contributed by atoms with Gasteiger partial charge in [-0.2, -0.15) is 8.42 Å². The smallest absolute Gasteiger partial charge is 0.330 e. The van der Waals surface area contributed by atoms with Gasteiger partial charge in [0.1, 0.15) is 11.7 Å². The lowest BCUT2D eigenvalue weighted by molar-refractivity contribution is -0.145. The maximum absolute atomic E-state index is 11.8. The van der Waals surface area contributed by atoms with Crippen LogP contribution < -0.4 is 0 Å². The number of rotatable bonds is 2. The van der Waals surface area contributed by atoms with Crippen molar-refractivity contribution in [2.75, 3.05) is 0 Å². The molecule has 5 unspecified atom stereocenters. The second-order valence-corrected chi connectivity index (χ2v) is 6.37. The van der Waals surface area contributed by atoms with Crippen LogP contribution in [0, 0.1) is 0 Å². The SMILES string of the molecule is C=CC(=O)OC1C2CC3OS(=O)(=O)C1C3(C)O2. The predicted molar refractivity (Wildman–Crippen MR) is 55.6 cm³/mol. The van der Waals surface area contributed by atoms with E-state index in [9.17, 15) is 13.2 Å². The molecule has 0 saturated carbocycles. The molecule has 94 valence electrons. The first-order valence-corrected chi connectivity index (χ1v) is 6.78. The van der Waals surface area contributed by atoms with E-state index in [1.807, 2.05) is 0 Å². The Balaban J connectivity index is 1.99. The lowest BCUT2D eigenvalue weighted by Crippen LogP contribution is -2.49. The van der Waals surface area contributed by atoms with Crippen LogP contribution in [0.1, 0.15) is 13.3 Å². The van der Waals surface area contributed by atoms with Crippen molar-refractivity contribution in [2.45, 2.75) is 42.5 Å². The molecule has 7 heteroatoms. The molecular weight excluding hydrogens is 248 g/mol. The van der Waals surface area contributed by atoms with Gasteiger partial charge in [0, 0.05) is 12.5 Å². The molecule has 0 aromatic rings. The summed E-state index contributed by atoms with van der Waals surface area (Å²) in [7, 11) is -3.73. The molecule has 17 heavy (non-hydrogen) atoms. The van der Waals surface area contributed by atoms with E-state index >= 15 is 0 Å². The summed E-state index contributed by atoms with van der Waals surface area (Å²) < 4.78 is 39.4. The number of hydrogen-bond acceptors (Lipinski definition) is 6. The first kappa shape index (κ1) is 11.2. The van der Waals surface area contributed by atoms with Crippen LogP contribution in [-0.2, 0) is 28.6 Å². The number of carbonyl (C=O) groups excluding carboxylic acids is 1. The summed E-state index contributed by atoms with van der Waals surface area (Å²) in [5, 5.41) is -0.928. The molecule has 3 aliphatic heterocycles. The minimum absolute atomic E-state index is 0.406. The summed E-state index contributed by atoms with van der Waals surface area (Å²) in [5.41, 5.74) is -0.893. The zero-order valence-electron chi connectivity index (χ0n) is 9.16. The minimum atomic E-state index is -3.73. The standard InChI is InChI=1S/C10H12O6S/c1-3-7(11)14-8-5-4-6-10(2,15-5)9(8)17(12,13)16-6/h3,5-6,8-9H,1,4H2,2H3. The fourth-order valence-corrected chi connectivity index (χ4v) is 5.05. The summed E-state index contributed by atoms with van der Waals surface area (Å²) in [6, 6.07) is 0.